The van der Waals surface area contributed by atoms with Crippen LogP contribution in [0.5, 0.6) is 0 Å². The van der Waals surface area contributed by atoms with E-state index in [2.05, 4.69) is 36.1 Å². The zero-order valence-corrected chi connectivity index (χ0v) is 10.7. The molecule has 0 aliphatic carbocycles. The van der Waals surface area contributed by atoms with Crippen molar-refractivity contribution in [1.82, 2.24) is 4.90 Å². The molecule has 3 unspecified atom stereocenters. The van der Waals surface area contributed by atoms with E-state index in [-0.39, 0.29) is 12.0 Å². The molecule has 2 heterocycles. The average Bonchev–Trinajstić information content (AvgIpc) is 2.86. The molecule has 1 aromatic rings. The first kappa shape index (κ1) is 11.7. The summed E-state index contributed by atoms with van der Waals surface area (Å²) in [4.78, 5) is 13.6. The summed E-state index contributed by atoms with van der Waals surface area (Å²) >= 11 is 0. The molecule has 96 valence electrons. The number of carboxylic acid groups (broad SMARTS) is 1. The van der Waals surface area contributed by atoms with Crippen molar-refractivity contribution in [1.29, 1.82) is 0 Å². The lowest BCUT2D eigenvalue weighted by molar-refractivity contribution is -0.142. The van der Waals surface area contributed by atoms with Crippen LogP contribution in [0.1, 0.15) is 30.4 Å². The summed E-state index contributed by atoms with van der Waals surface area (Å²) in [5.74, 6) is -0.759. The molecule has 0 amide bonds. The number of benzene rings is 1. The fourth-order valence-corrected chi connectivity index (χ4v) is 3.63. The molecule has 2 aliphatic heterocycles. The van der Waals surface area contributed by atoms with Crippen molar-refractivity contribution in [2.45, 2.75) is 44.8 Å². The minimum absolute atomic E-state index is 0.145. The van der Waals surface area contributed by atoms with Crippen LogP contribution in [0.3, 0.4) is 0 Å². The van der Waals surface area contributed by atoms with Gasteiger partial charge in [-0.3, -0.25) is 9.69 Å². The van der Waals surface area contributed by atoms with Gasteiger partial charge in [0.15, 0.2) is 0 Å². The van der Waals surface area contributed by atoms with Gasteiger partial charge in [-0.1, -0.05) is 29.8 Å². The van der Waals surface area contributed by atoms with Crippen molar-refractivity contribution in [2.75, 3.05) is 0 Å². The minimum Gasteiger partial charge on any atom is -0.481 e. The van der Waals surface area contributed by atoms with Crippen molar-refractivity contribution >= 4 is 5.97 Å². The maximum absolute atomic E-state index is 11.2. The van der Waals surface area contributed by atoms with E-state index in [1.807, 2.05) is 0 Å². The van der Waals surface area contributed by atoms with E-state index >= 15 is 0 Å². The molecule has 1 aromatic carbocycles. The van der Waals surface area contributed by atoms with Crippen LogP contribution in [-0.4, -0.2) is 28.1 Å². The monoisotopic (exact) mass is 245 g/mol. The molecule has 3 nitrogen and oxygen atoms in total. The van der Waals surface area contributed by atoms with Crippen molar-refractivity contribution < 1.29 is 9.90 Å². The molecular formula is C15H19NO2. The van der Waals surface area contributed by atoms with Gasteiger partial charge in [-0.25, -0.2) is 0 Å². The lowest BCUT2D eigenvalue weighted by atomic mass is 9.89. The highest BCUT2D eigenvalue weighted by Gasteiger charge is 2.48. The normalized spacial score (nSPS) is 30.8. The lowest BCUT2D eigenvalue weighted by Gasteiger charge is -2.22. The second-order valence-electron chi connectivity index (χ2n) is 5.64. The maximum atomic E-state index is 11.2. The molecule has 0 aromatic heterocycles. The number of hydrogen-bond acceptors (Lipinski definition) is 2. The number of rotatable bonds is 3. The number of nitrogens with zero attached hydrogens (tertiary/aromatic N) is 1. The third kappa shape index (κ3) is 1.93. The number of aliphatic carboxylic acids is 1. The van der Waals surface area contributed by atoms with Crippen molar-refractivity contribution in [3.63, 3.8) is 0 Å². The van der Waals surface area contributed by atoms with Gasteiger partial charge in [-0.05, 0) is 31.7 Å². The molecule has 0 radical (unpaired) electrons. The molecule has 0 spiro atoms. The smallest absolute Gasteiger partial charge is 0.308 e. The Morgan fingerprint density at radius 3 is 2.94 bits per heavy atom. The second kappa shape index (κ2) is 4.39. The number of hydrogen-bond donors (Lipinski definition) is 1. The van der Waals surface area contributed by atoms with Crippen LogP contribution in [-0.2, 0) is 11.3 Å². The topological polar surface area (TPSA) is 40.5 Å². The Labute approximate surface area is 107 Å². The van der Waals surface area contributed by atoms with Crippen molar-refractivity contribution in [3.8, 4) is 0 Å². The lowest BCUT2D eigenvalue weighted by Crippen LogP contribution is -2.32. The van der Waals surface area contributed by atoms with E-state index in [1.165, 1.54) is 17.5 Å². The molecule has 3 rings (SSSR count). The highest BCUT2D eigenvalue weighted by Crippen LogP contribution is 2.42. The van der Waals surface area contributed by atoms with Crippen LogP contribution in [0, 0.1) is 12.8 Å². The van der Waals surface area contributed by atoms with E-state index in [9.17, 15) is 9.90 Å². The first-order chi connectivity index (χ1) is 8.65. The largest absolute Gasteiger partial charge is 0.481 e. The van der Waals surface area contributed by atoms with E-state index in [1.54, 1.807) is 0 Å². The Morgan fingerprint density at radius 2 is 2.28 bits per heavy atom. The minimum atomic E-state index is -0.614. The van der Waals surface area contributed by atoms with Gasteiger partial charge in [0.25, 0.3) is 0 Å². The van der Waals surface area contributed by atoms with Crippen LogP contribution >= 0.6 is 0 Å². The van der Waals surface area contributed by atoms with Gasteiger partial charge in [0, 0.05) is 18.6 Å². The van der Waals surface area contributed by atoms with Crippen LogP contribution in [0.25, 0.3) is 0 Å². The molecule has 1 N–H and O–H groups in total. The summed E-state index contributed by atoms with van der Waals surface area (Å²) in [6.45, 7) is 3.00. The number of carbonyl (C=O) groups is 1. The van der Waals surface area contributed by atoms with Crippen LogP contribution in [0.4, 0.5) is 0 Å². The van der Waals surface area contributed by atoms with Crippen LogP contribution < -0.4 is 0 Å². The predicted octanol–water partition coefficient (Wildman–Crippen LogP) is 2.43. The van der Waals surface area contributed by atoms with Crippen molar-refractivity contribution in [2.24, 2.45) is 5.92 Å². The quantitative estimate of drug-likeness (QED) is 0.889. The third-order valence-corrected chi connectivity index (χ3v) is 4.45. The molecule has 2 aliphatic rings. The van der Waals surface area contributed by atoms with Gasteiger partial charge in [-0.15, -0.1) is 0 Å². The number of aryl methyl sites for hydroxylation is 1. The van der Waals surface area contributed by atoms with Gasteiger partial charge >= 0.3 is 5.97 Å². The van der Waals surface area contributed by atoms with Gasteiger partial charge in [0.2, 0.25) is 0 Å². The Bertz CT molecular complexity index is 471. The van der Waals surface area contributed by atoms with Gasteiger partial charge < -0.3 is 5.11 Å². The zero-order chi connectivity index (χ0) is 12.7. The molecule has 2 saturated heterocycles. The van der Waals surface area contributed by atoms with E-state index in [4.69, 9.17) is 0 Å². The summed E-state index contributed by atoms with van der Waals surface area (Å²) in [5.41, 5.74) is 2.58. The summed E-state index contributed by atoms with van der Waals surface area (Å²) in [7, 11) is 0. The fourth-order valence-electron chi connectivity index (χ4n) is 3.63. The van der Waals surface area contributed by atoms with Crippen LogP contribution in [0.2, 0.25) is 0 Å². The Balaban J connectivity index is 1.76. The molecule has 3 atom stereocenters. The van der Waals surface area contributed by atoms with E-state index in [0.29, 0.717) is 6.04 Å². The molecular weight excluding hydrogens is 226 g/mol. The average molecular weight is 245 g/mol. The Hall–Kier alpha value is -1.35. The number of carboxylic acids is 1. The Kier molecular flexibility index (Phi) is 2.86. The molecule has 0 saturated carbocycles. The summed E-state index contributed by atoms with van der Waals surface area (Å²) in [5, 5.41) is 9.24. The van der Waals surface area contributed by atoms with E-state index in [0.717, 1.165) is 19.4 Å². The first-order valence-corrected chi connectivity index (χ1v) is 6.69. The highest BCUT2D eigenvalue weighted by molar-refractivity contribution is 5.71. The SMILES string of the molecule is Cc1cccc(CN2C3CCC2C(C(=O)O)C3)c1. The van der Waals surface area contributed by atoms with Gasteiger partial charge in [0.1, 0.15) is 0 Å². The van der Waals surface area contributed by atoms with E-state index < -0.39 is 5.97 Å². The number of fused-ring (bicyclic) bond motifs is 2. The van der Waals surface area contributed by atoms with Gasteiger partial charge in [0.05, 0.1) is 5.92 Å². The van der Waals surface area contributed by atoms with Crippen molar-refractivity contribution in [3.05, 3.63) is 35.4 Å². The molecule has 2 fully saturated rings. The standard InChI is InChI=1S/C15H19NO2/c1-10-3-2-4-11(7-10)9-16-12-5-6-14(16)13(8-12)15(17)18/h2-4,7,12-14H,5-6,8-9H2,1H3,(H,17,18). The Morgan fingerprint density at radius 1 is 1.44 bits per heavy atom. The van der Waals surface area contributed by atoms with Crippen LogP contribution in [0.15, 0.2) is 24.3 Å². The highest BCUT2D eigenvalue weighted by atomic mass is 16.4. The summed E-state index contributed by atoms with van der Waals surface area (Å²) < 4.78 is 0. The third-order valence-electron chi connectivity index (χ3n) is 4.45. The molecule has 2 bridgehead atoms. The second-order valence-corrected chi connectivity index (χ2v) is 5.64. The fraction of sp³-hybridized carbons (Fsp3) is 0.533. The molecule has 3 heteroatoms. The summed E-state index contributed by atoms with van der Waals surface area (Å²) in [6.07, 6.45) is 3.06. The maximum Gasteiger partial charge on any atom is 0.308 e. The summed E-state index contributed by atoms with van der Waals surface area (Å²) in [6, 6.07) is 9.26. The van der Waals surface area contributed by atoms with Gasteiger partial charge in [-0.2, -0.15) is 0 Å². The molecule has 18 heavy (non-hydrogen) atoms. The zero-order valence-electron chi connectivity index (χ0n) is 10.7. The predicted molar refractivity (Wildman–Crippen MR) is 69.3 cm³/mol. The first-order valence-electron chi connectivity index (χ1n) is 6.69.